The molecule has 0 bridgehead atoms. The van der Waals surface area contributed by atoms with Gasteiger partial charge in [-0.2, -0.15) is 4.31 Å². The highest BCUT2D eigenvalue weighted by Gasteiger charge is 2.36. The van der Waals surface area contributed by atoms with Crippen LogP contribution < -0.4 is 4.90 Å². The summed E-state index contributed by atoms with van der Waals surface area (Å²) in [5, 5.41) is 0. The van der Waals surface area contributed by atoms with E-state index in [2.05, 4.69) is 0 Å². The van der Waals surface area contributed by atoms with Crippen molar-refractivity contribution in [3.63, 3.8) is 0 Å². The van der Waals surface area contributed by atoms with Crippen LogP contribution >= 0.6 is 0 Å². The van der Waals surface area contributed by atoms with Crippen LogP contribution in [0.2, 0.25) is 0 Å². The van der Waals surface area contributed by atoms with Crippen LogP contribution in [0.4, 0.5) is 0 Å². The molecular weight excluding hydrogens is 374 g/mol. The van der Waals surface area contributed by atoms with Gasteiger partial charge in [-0.1, -0.05) is 37.0 Å². The molecule has 1 amide bonds. The van der Waals surface area contributed by atoms with E-state index < -0.39 is 10.0 Å². The van der Waals surface area contributed by atoms with Gasteiger partial charge >= 0.3 is 0 Å². The maximum atomic E-state index is 12.9. The summed E-state index contributed by atoms with van der Waals surface area (Å²) in [4.78, 5) is 16.4. The predicted octanol–water partition coefficient (Wildman–Crippen LogP) is 1.06. The molecule has 0 aromatic heterocycles. The smallest absolute Gasteiger partial charge is 0.280 e. The lowest BCUT2D eigenvalue weighted by atomic mass is 9.94. The summed E-state index contributed by atoms with van der Waals surface area (Å²) in [5.74, 6) is 0.191. The van der Waals surface area contributed by atoms with Crippen molar-refractivity contribution in [1.82, 2.24) is 9.21 Å². The summed E-state index contributed by atoms with van der Waals surface area (Å²) in [7, 11) is -1.52. The van der Waals surface area contributed by atoms with Crippen LogP contribution in [0, 0.1) is 6.92 Å². The molecule has 1 atom stereocenters. The maximum Gasteiger partial charge on any atom is 0.280 e. The molecule has 1 saturated heterocycles. The van der Waals surface area contributed by atoms with Crippen molar-refractivity contribution in [3.05, 3.63) is 29.8 Å². The molecule has 2 fully saturated rings. The number of nitrogens with zero attached hydrogens (tertiary/aromatic N) is 2. The lowest BCUT2D eigenvalue weighted by molar-refractivity contribution is -0.918. The molecule has 1 aliphatic heterocycles. The molecule has 0 spiro atoms. The lowest BCUT2D eigenvalue weighted by Gasteiger charge is -2.37. The van der Waals surface area contributed by atoms with E-state index in [0.717, 1.165) is 18.4 Å². The molecule has 156 valence electrons. The Morgan fingerprint density at radius 1 is 1.11 bits per heavy atom. The quantitative estimate of drug-likeness (QED) is 0.793. The first-order valence-corrected chi connectivity index (χ1v) is 11.9. The Morgan fingerprint density at radius 3 is 2.25 bits per heavy atom. The molecule has 1 aromatic rings. The number of amides is 1. The Labute approximate surface area is 169 Å². The van der Waals surface area contributed by atoms with Gasteiger partial charge in [0.25, 0.3) is 5.91 Å². The van der Waals surface area contributed by atoms with Crippen LogP contribution in [0.5, 0.6) is 0 Å². The Hall–Kier alpha value is -1.44. The fourth-order valence-electron chi connectivity index (χ4n) is 4.43. The standard InChI is InChI=1S/C21H33N3O3S/c1-17-9-11-20(12-10-17)28(26,27)24-15-13-23(14-16-24)18(2)21(25)22(3)19-7-5-4-6-8-19/h9-12,18-19H,4-8,13-16H2,1-3H3/p+1/t18-/m0/s1. The normalized spacial score (nSPS) is 21.4. The van der Waals surface area contributed by atoms with E-state index in [0.29, 0.717) is 37.1 Å². The van der Waals surface area contributed by atoms with E-state index in [1.54, 1.807) is 16.4 Å². The number of rotatable bonds is 5. The highest BCUT2D eigenvalue weighted by molar-refractivity contribution is 7.89. The number of carbonyl (C=O) groups excluding carboxylic acids is 1. The van der Waals surface area contributed by atoms with E-state index in [9.17, 15) is 13.2 Å². The first-order chi connectivity index (χ1) is 13.3. The van der Waals surface area contributed by atoms with Crippen molar-refractivity contribution in [2.45, 2.75) is 62.9 Å². The fraction of sp³-hybridized carbons (Fsp3) is 0.667. The van der Waals surface area contributed by atoms with Crippen LogP contribution in [0.3, 0.4) is 0 Å². The molecule has 28 heavy (non-hydrogen) atoms. The van der Waals surface area contributed by atoms with Crippen LogP contribution in [-0.4, -0.2) is 68.8 Å². The molecule has 1 saturated carbocycles. The molecule has 0 unspecified atom stereocenters. The SMILES string of the molecule is Cc1ccc(S(=O)(=O)N2CC[NH+]([C@@H](C)C(=O)N(C)C3CCCCC3)CC2)cc1. The summed E-state index contributed by atoms with van der Waals surface area (Å²) in [6.45, 7) is 6.17. The van der Waals surface area contributed by atoms with Crippen molar-refractivity contribution in [3.8, 4) is 0 Å². The molecule has 2 aliphatic rings. The van der Waals surface area contributed by atoms with E-state index in [4.69, 9.17) is 0 Å². The minimum atomic E-state index is -3.46. The first kappa shape index (κ1) is 21.3. The molecule has 1 N–H and O–H groups in total. The number of piperazine rings is 1. The molecule has 6 nitrogen and oxygen atoms in total. The second-order valence-electron chi connectivity index (χ2n) is 8.34. The number of carbonyl (C=O) groups is 1. The zero-order valence-electron chi connectivity index (χ0n) is 17.4. The Bertz CT molecular complexity index is 765. The largest absolute Gasteiger partial charge is 0.338 e. The molecular formula is C21H34N3O3S+. The van der Waals surface area contributed by atoms with Gasteiger partial charge in [-0.25, -0.2) is 8.42 Å². The van der Waals surface area contributed by atoms with Crippen molar-refractivity contribution < 1.29 is 18.1 Å². The van der Waals surface area contributed by atoms with E-state index in [1.807, 2.05) is 37.9 Å². The molecule has 1 heterocycles. The van der Waals surface area contributed by atoms with Gasteiger partial charge in [0.05, 0.1) is 31.1 Å². The highest BCUT2D eigenvalue weighted by Crippen LogP contribution is 2.22. The minimum absolute atomic E-state index is 0.129. The highest BCUT2D eigenvalue weighted by atomic mass is 32.2. The van der Waals surface area contributed by atoms with Gasteiger partial charge in [0.15, 0.2) is 6.04 Å². The van der Waals surface area contributed by atoms with Crippen molar-refractivity contribution in [2.75, 3.05) is 33.2 Å². The van der Waals surface area contributed by atoms with Crippen molar-refractivity contribution in [1.29, 1.82) is 0 Å². The predicted molar refractivity (Wildman–Crippen MR) is 110 cm³/mol. The summed E-state index contributed by atoms with van der Waals surface area (Å²) in [6, 6.07) is 7.25. The molecule has 1 aromatic carbocycles. The number of hydrogen-bond donors (Lipinski definition) is 1. The Balaban J connectivity index is 1.58. The van der Waals surface area contributed by atoms with Gasteiger partial charge in [-0.05, 0) is 38.8 Å². The monoisotopic (exact) mass is 408 g/mol. The summed E-state index contributed by atoms with van der Waals surface area (Å²) in [6.07, 6.45) is 5.90. The van der Waals surface area contributed by atoms with Crippen LogP contribution in [0.15, 0.2) is 29.2 Å². The number of nitrogens with one attached hydrogen (secondary N) is 1. The van der Waals surface area contributed by atoms with Crippen LogP contribution in [0.25, 0.3) is 0 Å². The third-order valence-corrected chi connectivity index (χ3v) is 8.39. The number of hydrogen-bond acceptors (Lipinski definition) is 3. The molecule has 1 aliphatic carbocycles. The number of benzene rings is 1. The van der Waals surface area contributed by atoms with Gasteiger partial charge in [0, 0.05) is 13.1 Å². The Morgan fingerprint density at radius 2 is 1.68 bits per heavy atom. The number of aryl methyl sites for hydroxylation is 1. The van der Waals surface area contributed by atoms with E-state index >= 15 is 0 Å². The van der Waals surface area contributed by atoms with Gasteiger partial charge in [-0.3, -0.25) is 4.79 Å². The molecule has 7 heteroatoms. The number of likely N-dealkylation sites (N-methyl/N-ethyl adjacent to an activating group) is 1. The maximum absolute atomic E-state index is 12.9. The van der Waals surface area contributed by atoms with Gasteiger partial charge < -0.3 is 9.80 Å². The third kappa shape index (κ3) is 4.58. The van der Waals surface area contributed by atoms with E-state index in [-0.39, 0.29) is 11.9 Å². The average Bonchev–Trinajstić information content (AvgIpc) is 2.73. The topological polar surface area (TPSA) is 62.1 Å². The van der Waals surface area contributed by atoms with Gasteiger partial charge in [0.1, 0.15) is 0 Å². The number of sulfonamides is 1. The summed E-state index contributed by atoms with van der Waals surface area (Å²) >= 11 is 0. The number of quaternary nitrogens is 1. The molecule has 0 radical (unpaired) electrons. The van der Waals surface area contributed by atoms with Crippen molar-refractivity contribution in [2.24, 2.45) is 0 Å². The Kier molecular flexibility index (Phi) is 6.78. The summed E-state index contributed by atoms with van der Waals surface area (Å²) in [5.41, 5.74) is 1.04. The average molecular weight is 409 g/mol. The van der Waals surface area contributed by atoms with Crippen LogP contribution in [-0.2, 0) is 14.8 Å². The second-order valence-corrected chi connectivity index (χ2v) is 10.3. The first-order valence-electron chi connectivity index (χ1n) is 10.5. The third-order valence-electron chi connectivity index (χ3n) is 6.48. The molecule has 3 rings (SSSR count). The zero-order chi connectivity index (χ0) is 20.3. The van der Waals surface area contributed by atoms with Crippen molar-refractivity contribution >= 4 is 15.9 Å². The fourth-order valence-corrected chi connectivity index (χ4v) is 5.88. The van der Waals surface area contributed by atoms with Gasteiger partial charge in [0.2, 0.25) is 10.0 Å². The van der Waals surface area contributed by atoms with Crippen LogP contribution in [0.1, 0.15) is 44.6 Å². The lowest BCUT2D eigenvalue weighted by Crippen LogP contribution is -3.19. The summed E-state index contributed by atoms with van der Waals surface area (Å²) < 4.78 is 27.3. The van der Waals surface area contributed by atoms with E-state index in [1.165, 1.54) is 24.2 Å². The van der Waals surface area contributed by atoms with Gasteiger partial charge in [-0.15, -0.1) is 0 Å². The second kappa shape index (κ2) is 8.93. The zero-order valence-corrected chi connectivity index (χ0v) is 18.2. The minimum Gasteiger partial charge on any atom is -0.338 e.